The number of hydrogen-bond acceptors (Lipinski definition) is 3. The van der Waals surface area contributed by atoms with Crippen LogP contribution >= 0.6 is 22.9 Å². The molecule has 0 amide bonds. The van der Waals surface area contributed by atoms with Gasteiger partial charge in [-0.3, -0.25) is 0 Å². The van der Waals surface area contributed by atoms with Crippen LogP contribution in [0.2, 0.25) is 5.02 Å². The number of rotatable bonds is 4. The van der Waals surface area contributed by atoms with Gasteiger partial charge >= 0.3 is 6.36 Å². The Bertz CT molecular complexity index is 610. The zero-order valence-electron chi connectivity index (χ0n) is 11.1. The molecule has 2 N–H and O–H groups in total. The number of thiophene rings is 1. The Morgan fingerprint density at radius 3 is 2.38 bits per heavy atom. The third-order valence-corrected chi connectivity index (χ3v) is 4.72. The van der Waals surface area contributed by atoms with Gasteiger partial charge in [0, 0.05) is 10.9 Å². The van der Waals surface area contributed by atoms with Crippen molar-refractivity contribution in [3.63, 3.8) is 0 Å². The maximum atomic E-state index is 12.1. The summed E-state index contributed by atoms with van der Waals surface area (Å²) >= 11 is 7.64. The van der Waals surface area contributed by atoms with Gasteiger partial charge < -0.3 is 10.5 Å². The fourth-order valence-corrected chi connectivity index (χ4v) is 3.21. The van der Waals surface area contributed by atoms with E-state index in [0.29, 0.717) is 11.4 Å². The zero-order valence-corrected chi connectivity index (χ0v) is 12.6. The summed E-state index contributed by atoms with van der Waals surface area (Å²) in [6, 6.07) is 5.39. The van der Waals surface area contributed by atoms with Crippen molar-refractivity contribution < 1.29 is 17.9 Å². The van der Waals surface area contributed by atoms with Crippen molar-refractivity contribution in [2.24, 2.45) is 5.73 Å². The molecule has 0 saturated heterocycles. The second-order valence-electron chi connectivity index (χ2n) is 4.60. The van der Waals surface area contributed by atoms with E-state index in [1.54, 1.807) is 12.1 Å². The molecular weight excluding hydrogens is 323 g/mol. The van der Waals surface area contributed by atoms with Crippen molar-refractivity contribution in [2.75, 3.05) is 0 Å². The number of nitrogens with two attached hydrogens (primary N) is 1. The normalized spacial score (nSPS) is 13.2. The summed E-state index contributed by atoms with van der Waals surface area (Å²) < 4.78 is 40.0. The molecule has 0 spiro atoms. The van der Waals surface area contributed by atoms with E-state index in [-0.39, 0.29) is 11.8 Å². The third kappa shape index (κ3) is 4.36. The van der Waals surface area contributed by atoms with Crippen molar-refractivity contribution in [2.45, 2.75) is 25.7 Å². The predicted molar refractivity (Wildman–Crippen MR) is 77.8 cm³/mol. The van der Waals surface area contributed by atoms with E-state index in [1.165, 1.54) is 23.5 Å². The molecule has 0 radical (unpaired) electrons. The molecular formula is C14H13ClF3NOS. The highest BCUT2D eigenvalue weighted by Crippen LogP contribution is 2.33. The summed E-state index contributed by atoms with van der Waals surface area (Å²) in [4.78, 5) is 0.879. The van der Waals surface area contributed by atoms with Crippen LogP contribution in [0.4, 0.5) is 13.2 Å². The molecule has 1 unspecified atom stereocenters. The van der Waals surface area contributed by atoms with Gasteiger partial charge in [0.15, 0.2) is 0 Å². The number of hydrogen-bond donors (Lipinski definition) is 1. The molecule has 21 heavy (non-hydrogen) atoms. The van der Waals surface area contributed by atoms with E-state index in [9.17, 15) is 13.2 Å². The molecule has 1 atom stereocenters. The first kappa shape index (κ1) is 16.1. The highest BCUT2D eigenvalue weighted by Gasteiger charge is 2.30. The molecule has 2 rings (SSSR count). The first-order valence-corrected chi connectivity index (χ1v) is 7.36. The molecule has 0 fully saturated rings. The molecule has 0 aliphatic carbocycles. The summed E-state index contributed by atoms with van der Waals surface area (Å²) in [5, 5.41) is 2.59. The van der Waals surface area contributed by atoms with Crippen LogP contribution in [-0.2, 0) is 6.42 Å². The minimum atomic E-state index is -4.68. The summed E-state index contributed by atoms with van der Waals surface area (Å²) in [7, 11) is 0. The summed E-state index contributed by atoms with van der Waals surface area (Å²) in [6.07, 6.45) is -4.19. The van der Waals surface area contributed by atoms with Gasteiger partial charge in [-0.25, -0.2) is 0 Å². The van der Waals surface area contributed by atoms with Crippen LogP contribution in [0, 0.1) is 6.92 Å². The van der Waals surface area contributed by atoms with Crippen molar-refractivity contribution in [1.29, 1.82) is 0 Å². The predicted octanol–water partition coefficient (Wildman–Crippen LogP) is 4.85. The Morgan fingerprint density at radius 1 is 1.29 bits per heavy atom. The second kappa shape index (κ2) is 6.25. The van der Waals surface area contributed by atoms with Crippen LogP contribution in [0.25, 0.3) is 0 Å². The van der Waals surface area contributed by atoms with Crippen LogP contribution in [0.3, 0.4) is 0 Å². The molecule has 0 aliphatic heterocycles. The number of benzene rings is 1. The van der Waals surface area contributed by atoms with Crippen LogP contribution in [0.1, 0.15) is 22.0 Å². The fraction of sp³-hybridized carbons (Fsp3) is 0.286. The van der Waals surface area contributed by atoms with Crippen LogP contribution in [-0.4, -0.2) is 6.36 Å². The minimum Gasteiger partial charge on any atom is -0.406 e. The monoisotopic (exact) mass is 335 g/mol. The van der Waals surface area contributed by atoms with Gasteiger partial charge in [0.2, 0.25) is 0 Å². The smallest absolute Gasteiger partial charge is 0.406 e. The van der Waals surface area contributed by atoms with Crippen LogP contribution in [0.15, 0.2) is 29.6 Å². The van der Waals surface area contributed by atoms with E-state index in [4.69, 9.17) is 17.3 Å². The second-order valence-corrected chi connectivity index (χ2v) is 5.89. The molecule has 7 heteroatoms. The highest BCUT2D eigenvalue weighted by atomic mass is 35.5. The summed E-state index contributed by atoms with van der Waals surface area (Å²) in [6.45, 7) is 1.90. The maximum absolute atomic E-state index is 12.1. The molecule has 2 nitrogen and oxygen atoms in total. The largest absolute Gasteiger partial charge is 0.573 e. The molecule has 1 heterocycles. The SMILES string of the molecule is Cc1csc(C(N)Cc2ccc(OC(F)(F)F)cc2)c1Cl. The van der Waals surface area contributed by atoms with Gasteiger partial charge in [-0.1, -0.05) is 23.7 Å². The zero-order chi connectivity index (χ0) is 15.6. The average Bonchev–Trinajstić information content (AvgIpc) is 2.71. The van der Waals surface area contributed by atoms with E-state index in [2.05, 4.69) is 4.74 Å². The van der Waals surface area contributed by atoms with Gasteiger partial charge in [-0.05, 0) is 42.0 Å². The Morgan fingerprint density at radius 2 is 1.90 bits per heavy atom. The van der Waals surface area contributed by atoms with Crippen molar-refractivity contribution in [3.8, 4) is 5.75 Å². The number of alkyl halides is 3. The molecule has 0 aliphatic rings. The Kier molecular flexibility index (Phi) is 4.81. The lowest BCUT2D eigenvalue weighted by Crippen LogP contribution is -2.17. The summed E-state index contributed by atoms with van der Waals surface area (Å²) in [5.74, 6) is -0.246. The third-order valence-electron chi connectivity index (χ3n) is 2.87. The molecule has 0 bridgehead atoms. The Labute approximate surface area is 129 Å². The van der Waals surface area contributed by atoms with Gasteiger partial charge in [-0.2, -0.15) is 0 Å². The van der Waals surface area contributed by atoms with Crippen molar-refractivity contribution >= 4 is 22.9 Å². The van der Waals surface area contributed by atoms with Crippen molar-refractivity contribution in [3.05, 3.63) is 50.7 Å². The van der Waals surface area contributed by atoms with Crippen molar-refractivity contribution in [1.82, 2.24) is 0 Å². The number of ether oxygens (including phenoxy) is 1. The van der Waals surface area contributed by atoms with E-state index < -0.39 is 6.36 Å². The quantitative estimate of drug-likeness (QED) is 0.866. The van der Waals surface area contributed by atoms with E-state index in [0.717, 1.165) is 16.0 Å². The van der Waals surface area contributed by atoms with E-state index >= 15 is 0 Å². The number of aryl methyl sites for hydroxylation is 1. The van der Waals surface area contributed by atoms with E-state index in [1.807, 2.05) is 12.3 Å². The molecule has 2 aromatic rings. The Hall–Kier alpha value is -1.24. The lowest BCUT2D eigenvalue weighted by atomic mass is 10.0. The first-order chi connectivity index (χ1) is 9.76. The topological polar surface area (TPSA) is 35.2 Å². The standard InChI is InChI=1S/C14H13ClF3NOS/c1-8-7-21-13(12(8)15)11(19)6-9-2-4-10(5-3-9)20-14(16,17)18/h2-5,7,11H,6,19H2,1H3. The summed E-state index contributed by atoms with van der Waals surface area (Å²) in [5.41, 5.74) is 7.89. The lowest BCUT2D eigenvalue weighted by molar-refractivity contribution is -0.274. The molecule has 0 saturated carbocycles. The van der Waals surface area contributed by atoms with Gasteiger partial charge in [0.05, 0.1) is 5.02 Å². The number of halogens is 4. The van der Waals surface area contributed by atoms with Gasteiger partial charge in [0.25, 0.3) is 0 Å². The van der Waals surface area contributed by atoms with Crippen LogP contribution < -0.4 is 10.5 Å². The average molecular weight is 336 g/mol. The van der Waals surface area contributed by atoms with Crippen LogP contribution in [0.5, 0.6) is 5.75 Å². The molecule has 1 aromatic carbocycles. The first-order valence-electron chi connectivity index (χ1n) is 6.10. The Balaban J connectivity index is 2.05. The molecule has 114 valence electrons. The fourth-order valence-electron chi connectivity index (χ4n) is 1.87. The maximum Gasteiger partial charge on any atom is 0.573 e. The highest BCUT2D eigenvalue weighted by molar-refractivity contribution is 7.10. The van der Waals surface area contributed by atoms with Gasteiger partial charge in [-0.15, -0.1) is 24.5 Å². The molecule has 1 aromatic heterocycles. The lowest BCUT2D eigenvalue weighted by Gasteiger charge is -2.12. The minimum absolute atomic E-state index is 0.246. The van der Waals surface area contributed by atoms with Gasteiger partial charge in [0.1, 0.15) is 5.75 Å².